The summed E-state index contributed by atoms with van der Waals surface area (Å²) < 4.78 is 18.2. The standard InChI is InChI=1S/C42H30N4Si.C36H25N3OSi.C36H25N3SSi/c1-47(2)36-24-14-11-21-31(36)39-40(27-15-5-3-6-16-27)43-42(44-41(39)47)46-33-23-13-10-20-30(33)38-35(46)26-25-34-37(38)29-19-9-12-22-32(29)45(34)28-17-7-4-8-18-28;2*1-41(2)30-19-11-8-16-25(30)33-34(22-12-4-3-5-13-22)37-36(38-35(33)41)39-26-17-9-6-14-23(26)31-27(39)20-21-29-32(31)24-15-7-10-18-28(24)40-29/h3-26H,1-2H3;2*3-21H,1-2H3. The van der Waals surface area contributed by atoms with E-state index in [1.165, 1.54) is 139 Å². The molecule has 0 atom stereocenters. The topological polar surface area (TPSA) is 110 Å². The Kier molecular flexibility index (Phi) is 16.5. The van der Waals surface area contributed by atoms with Gasteiger partial charge in [0, 0.05) is 129 Å². The molecule has 12 heterocycles. The third-order valence-corrected chi connectivity index (χ3v) is 38.8. The van der Waals surface area contributed by atoms with E-state index < -0.39 is 24.2 Å². The van der Waals surface area contributed by atoms with Crippen LogP contribution in [0.15, 0.2) is 381 Å². The number of hydrogen-bond acceptors (Lipinski definition) is 8. The van der Waals surface area contributed by atoms with Crippen molar-refractivity contribution in [2.75, 3.05) is 0 Å². The van der Waals surface area contributed by atoms with Crippen molar-refractivity contribution in [1.82, 2.24) is 48.2 Å². The number of fused-ring (bicyclic) bond motifs is 30. The summed E-state index contributed by atoms with van der Waals surface area (Å²) in [5, 5.41) is 22.6. The first-order chi connectivity index (χ1) is 63.3. The fraction of sp³-hybridized carbons (Fsp3) is 0.0526. The Hall–Kier alpha value is -15.4. The Bertz CT molecular complexity index is 8720. The number of benzene rings is 16. The van der Waals surface area contributed by atoms with Crippen molar-refractivity contribution in [2.45, 2.75) is 39.3 Å². The summed E-state index contributed by atoms with van der Waals surface area (Å²) in [5.74, 6) is 2.20. The Balaban J connectivity index is 0.000000102. The molecule has 0 N–H and O–H groups in total. The van der Waals surface area contributed by atoms with Crippen molar-refractivity contribution in [1.29, 1.82) is 0 Å². The van der Waals surface area contributed by atoms with Crippen molar-refractivity contribution >= 4 is 196 Å². The molecule has 9 aromatic heterocycles. The highest BCUT2D eigenvalue weighted by atomic mass is 32.1. The lowest BCUT2D eigenvalue weighted by atomic mass is 10.0. The zero-order chi connectivity index (χ0) is 85.9. The Morgan fingerprint density at radius 3 is 0.961 bits per heavy atom. The number of nitrogens with zero attached hydrogens (tertiary/aromatic N) is 10. The Labute approximate surface area is 749 Å². The predicted octanol–water partition coefficient (Wildman–Crippen LogP) is 25.5. The number of rotatable bonds is 7. The molecule has 129 heavy (non-hydrogen) atoms. The van der Waals surface area contributed by atoms with E-state index in [0.717, 1.165) is 106 Å². The number of hydrogen-bond donors (Lipinski definition) is 0. The minimum Gasteiger partial charge on any atom is -0.456 e. The summed E-state index contributed by atoms with van der Waals surface area (Å²) in [6, 6.07) is 134. The van der Waals surface area contributed by atoms with E-state index in [-0.39, 0.29) is 0 Å². The molecule has 15 heteroatoms. The minimum absolute atomic E-state index is 0.717. The van der Waals surface area contributed by atoms with Crippen LogP contribution in [0.4, 0.5) is 0 Å². The van der Waals surface area contributed by atoms with Crippen LogP contribution in [0.1, 0.15) is 0 Å². The summed E-state index contributed by atoms with van der Waals surface area (Å²) in [6.07, 6.45) is 0. The van der Waals surface area contributed by atoms with Crippen LogP contribution in [0, 0.1) is 0 Å². The van der Waals surface area contributed by atoms with Gasteiger partial charge in [-0.3, -0.25) is 13.7 Å². The summed E-state index contributed by atoms with van der Waals surface area (Å²) in [7, 11) is -6.24. The van der Waals surface area contributed by atoms with Gasteiger partial charge in [-0.15, -0.1) is 11.3 Å². The molecule has 16 aromatic carbocycles. The van der Waals surface area contributed by atoms with Gasteiger partial charge in [-0.25, -0.2) is 29.9 Å². The Morgan fingerprint density at radius 1 is 0.225 bits per heavy atom. The second kappa shape index (κ2) is 28.3. The van der Waals surface area contributed by atoms with Gasteiger partial charge in [0.2, 0.25) is 17.8 Å². The molecule has 0 fully saturated rings. The van der Waals surface area contributed by atoms with Crippen molar-refractivity contribution in [3.05, 3.63) is 376 Å². The van der Waals surface area contributed by atoms with Crippen molar-refractivity contribution in [3.8, 4) is 90.7 Å². The van der Waals surface area contributed by atoms with Gasteiger partial charge in [0.05, 0.1) is 61.2 Å². The zero-order valence-corrected chi connectivity index (χ0v) is 75.4. The maximum atomic E-state index is 6.29. The predicted molar refractivity (Wildman–Crippen MR) is 546 cm³/mol. The van der Waals surface area contributed by atoms with Crippen LogP contribution in [-0.4, -0.2) is 72.4 Å². The van der Waals surface area contributed by atoms with Crippen molar-refractivity contribution in [3.63, 3.8) is 0 Å². The molecule has 0 unspecified atom stereocenters. The van der Waals surface area contributed by atoms with Crippen LogP contribution < -0.4 is 31.5 Å². The molecule has 0 aliphatic carbocycles. The maximum absolute atomic E-state index is 6.29. The monoisotopic (exact) mass is 1720 g/mol. The van der Waals surface area contributed by atoms with E-state index in [1.54, 1.807) is 0 Å². The highest BCUT2D eigenvalue weighted by Gasteiger charge is 2.45. The minimum atomic E-state index is -2.11. The van der Waals surface area contributed by atoms with Crippen LogP contribution in [0.2, 0.25) is 39.3 Å². The van der Waals surface area contributed by atoms with Gasteiger partial charge >= 0.3 is 0 Å². The van der Waals surface area contributed by atoms with E-state index in [2.05, 4.69) is 422 Å². The highest BCUT2D eigenvalue weighted by molar-refractivity contribution is 7.26. The van der Waals surface area contributed by atoms with Gasteiger partial charge in [0.25, 0.3) is 0 Å². The largest absolute Gasteiger partial charge is 0.456 e. The van der Waals surface area contributed by atoms with Gasteiger partial charge in [-0.2, -0.15) is 0 Å². The first-order valence-electron chi connectivity index (χ1n) is 44.3. The zero-order valence-electron chi connectivity index (χ0n) is 71.6. The van der Waals surface area contributed by atoms with Gasteiger partial charge in [0.15, 0.2) is 0 Å². The molecular weight excluding hydrogens is 1640 g/mol. The Morgan fingerprint density at radius 2 is 0.535 bits per heavy atom. The highest BCUT2D eigenvalue weighted by Crippen LogP contribution is 2.49. The molecule has 3 aliphatic rings. The average molecular weight is 1720 g/mol. The lowest BCUT2D eigenvalue weighted by molar-refractivity contribution is 0.669. The molecule has 0 amide bonds. The molecule has 3 aliphatic heterocycles. The van der Waals surface area contributed by atoms with Crippen molar-refractivity contribution < 1.29 is 4.42 Å². The molecule has 0 bridgehead atoms. The van der Waals surface area contributed by atoms with Crippen LogP contribution in [-0.2, 0) is 0 Å². The molecular formula is C114H80N10OSSi3. The molecule has 0 spiro atoms. The van der Waals surface area contributed by atoms with Crippen LogP contribution >= 0.6 is 11.3 Å². The van der Waals surface area contributed by atoms with Crippen LogP contribution in [0.3, 0.4) is 0 Å². The number of para-hydroxylation sites is 6. The molecule has 0 saturated carbocycles. The molecule has 0 radical (unpaired) electrons. The fourth-order valence-corrected chi connectivity index (χ4v) is 31.7. The second-order valence-corrected chi connectivity index (χ2v) is 49.7. The van der Waals surface area contributed by atoms with Crippen molar-refractivity contribution in [2.24, 2.45) is 0 Å². The third-order valence-electron chi connectivity index (χ3n) is 27.7. The first kappa shape index (κ1) is 75.0. The number of furan rings is 1. The normalized spacial score (nSPS) is 13.7. The first-order valence-corrected chi connectivity index (χ1v) is 54.1. The SMILES string of the molecule is C[Si]1(C)c2ccccc2-c2c(-c3ccccc3)nc(-n3c4ccccc4c4c5c(ccc43)oc3ccccc35)nc21.C[Si]1(C)c2ccccc2-c2c(-c3ccccc3)nc(-n3c4ccccc4c4c5c(ccc43)sc3ccccc35)nc21.C[Si]1(C)c2ccccc2-c2c(-c3ccccc3)nc(-n3c4ccccc4c4c5c6ccccc6n(-c6ccccc6)c5ccc43)nc21. The van der Waals surface area contributed by atoms with Gasteiger partial charge < -0.3 is 8.98 Å². The molecule has 28 rings (SSSR count). The van der Waals surface area contributed by atoms with Gasteiger partial charge in [0.1, 0.15) is 35.4 Å². The van der Waals surface area contributed by atoms with Gasteiger partial charge in [-0.1, -0.05) is 330 Å². The van der Waals surface area contributed by atoms with Gasteiger partial charge in [-0.05, 0) is 117 Å². The van der Waals surface area contributed by atoms with Crippen LogP contribution in [0.5, 0.6) is 0 Å². The van der Waals surface area contributed by atoms with E-state index in [0.29, 0.717) is 5.95 Å². The summed E-state index contributed by atoms with van der Waals surface area (Å²) >= 11 is 1.86. The van der Waals surface area contributed by atoms with Crippen LogP contribution in [0.25, 0.3) is 220 Å². The molecule has 610 valence electrons. The number of aromatic nitrogens is 10. The quantitative estimate of drug-likeness (QED) is 0.146. The number of thiophene rings is 1. The van der Waals surface area contributed by atoms with E-state index >= 15 is 0 Å². The molecule has 11 nitrogen and oxygen atoms in total. The fourth-order valence-electron chi connectivity index (χ4n) is 21.9. The summed E-state index contributed by atoms with van der Waals surface area (Å²) in [6.45, 7) is 14.5. The smallest absolute Gasteiger partial charge is 0.235 e. The molecule has 0 saturated heterocycles. The lowest BCUT2D eigenvalue weighted by Crippen LogP contribution is -2.51. The second-order valence-electron chi connectivity index (χ2n) is 35.9. The van der Waals surface area contributed by atoms with E-state index in [9.17, 15) is 0 Å². The van der Waals surface area contributed by atoms with E-state index in [4.69, 9.17) is 34.3 Å². The van der Waals surface area contributed by atoms with E-state index in [1.807, 2.05) is 23.5 Å². The summed E-state index contributed by atoms with van der Waals surface area (Å²) in [4.78, 5) is 32.8. The molecule has 25 aromatic rings. The average Bonchev–Trinajstić information content (AvgIpc) is 1.54. The maximum Gasteiger partial charge on any atom is 0.235 e. The lowest BCUT2D eigenvalue weighted by Gasteiger charge is -2.19. The third kappa shape index (κ3) is 11.0. The summed E-state index contributed by atoms with van der Waals surface area (Å²) in [5.41, 5.74) is 25.8.